The summed E-state index contributed by atoms with van der Waals surface area (Å²) >= 11 is 0. The molecule has 2 heterocycles. The van der Waals surface area contributed by atoms with Gasteiger partial charge in [0.15, 0.2) is 27.0 Å². The van der Waals surface area contributed by atoms with Gasteiger partial charge in [0.2, 0.25) is 0 Å². The molecule has 0 aliphatic carbocycles. The Morgan fingerprint density at radius 1 is 1.00 bits per heavy atom. The first kappa shape index (κ1) is 22.6. The van der Waals surface area contributed by atoms with E-state index in [0.717, 1.165) is 33.9 Å². The Kier molecular flexibility index (Phi) is 5.99. The van der Waals surface area contributed by atoms with Gasteiger partial charge in [-0.1, -0.05) is 18.2 Å². The van der Waals surface area contributed by atoms with Gasteiger partial charge in [0.05, 0.1) is 24.8 Å². The van der Waals surface area contributed by atoms with Crippen LogP contribution in [0.25, 0.3) is 16.8 Å². The number of ether oxygens (including phenoxy) is 2. The molecule has 0 saturated carbocycles. The Balaban J connectivity index is 1.74. The third-order valence-corrected chi connectivity index (χ3v) is 6.47. The van der Waals surface area contributed by atoms with Crippen LogP contribution in [0.4, 0.5) is 5.82 Å². The summed E-state index contributed by atoms with van der Waals surface area (Å²) in [5.74, 6) is 2.04. The number of anilines is 1. The molecule has 0 spiro atoms. The Hall–Kier alpha value is -3.59. The monoisotopic (exact) mass is 466 g/mol. The van der Waals surface area contributed by atoms with E-state index < -0.39 is 9.84 Å². The molecule has 2 aromatic heterocycles. The van der Waals surface area contributed by atoms with Gasteiger partial charge in [-0.2, -0.15) is 9.61 Å². The van der Waals surface area contributed by atoms with Crippen LogP contribution in [0, 0.1) is 13.8 Å². The summed E-state index contributed by atoms with van der Waals surface area (Å²) in [5.41, 5.74) is 5.04. The Morgan fingerprint density at radius 2 is 1.76 bits per heavy atom. The third kappa shape index (κ3) is 4.49. The Labute approximate surface area is 193 Å². The van der Waals surface area contributed by atoms with E-state index in [2.05, 4.69) is 5.32 Å². The number of sulfone groups is 1. The standard InChI is InChI=1S/C24H26N4O4S/c1-15-11-22(25-14-17-7-6-8-19(12-17)33(5,29)30)28-24(26-15)23(16(2)27-28)18-9-10-20(31-3)21(13-18)32-4/h6-13,25H,14H2,1-5H3. The van der Waals surface area contributed by atoms with Crippen molar-refractivity contribution < 1.29 is 17.9 Å². The first-order valence-corrected chi connectivity index (χ1v) is 12.2. The minimum Gasteiger partial charge on any atom is -0.493 e. The molecule has 1 N–H and O–H groups in total. The second-order valence-electron chi connectivity index (χ2n) is 7.82. The number of methoxy groups -OCH3 is 2. The van der Waals surface area contributed by atoms with Gasteiger partial charge in [0.1, 0.15) is 5.82 Å². The highest BCUT2D eigenvalue weighted by atomic mass is 32.2. The fourth-order valence-electron chi connectivity index (χ4n) is 3.78. The molecule has 0 saturated heterocycles. The largest absolute Gasteiger partial charge is 0.493 e. The zero-order valence-corrected chi connectivity index (χ0v) is 20.0. The summed E-state index contributed by atoms with van der Waals surface area (Å²) in [5, 5.41) is 8.10. The van der Waals surface area contributed by atoms with Gasteiger partial charge in [-0.25, -0.2) is 13.4 Å². The second-order valence-corrected chi connectivity index (χ2v) is 9.84. The lowest BCUT2D eigenvalue weighted by atomic mass is 10.1. The van der Waals surface area contributed by atoms with Gasteiger partial charge in [-0.3, -0.25) is 0 Å². The second kappa shape index (κ2) is 8.74. The summed E-state index contributed by atoms with van der Waals surface area (Å²) in [6.07, 6.45) is 1.21. The quantitative estimate of drug-likeness (QED) is 0.439. The first-order chi connectivity index (χ1) is 15.7. The number of nitrogens with one attached hydrogen (secondary N) is 1. The van der Waals surface area contributed by atoms with Gasteiger partial charge < -0.3 is 14.8 Å². The van der Waals surface area contributed by atoms with Gasteiger partial charge >= 0.3 is 0 Å². The molecule has 0 aliphatic heterocycles. The van der Waals surface area contributed by atoms with Crippen molar-refractivity contribution in [2.75, 3.05) is 25.8 Å². The number of aromatic nitrogens is 3. The predicted molar refractivity (Wildman–Crippen MR) is 128 cm³/mol. The minimum absolute atomic E-state index is 0.295. The fourth-order valence-corrected chi connectivity index (χ4v) is 4.47. The highest BCUT2D eigenvalue weighted by Gasteiger charge is 2.18. The van der Waals surface area contributed by atoms with E-state index in [1.165, 1.54) is 6.26 Å². The molecule has 0 atom stereocenters. The highest BCUT2D eigenvalue weighted by molar-refractivity contribution is 7.90. The van der Waals surface area contributed by atoms with Crippen LogP contribution in [0.5, 0.6) is 11.5 Å². The van der Waals surface area contributed by atoms with Crippen LogP contribution in [-0.2, 0) is 16.4 Å². The lowest BCUT2D eigenvalue weighted by molar-refractivity contribution is 0.355. The lowest BCUT2D eigenvalue weighted by Gasteiger charge is -2.11. The summed E-state index contributed by atoms with van der Waals surface area (Å²) in [7, 11) is -0.0593. The van der Waals surface area contributed by atoms with E-state index in [4.69, 9.17) is 19.6 Å². The molecular formula is C24H26N4O4S. The summed E-state index contributed by atoms with van der Waals surface area (Å²) in [6.45, 7) is 4.30. The average Bonchev–Trinajstić information content (AvgIpc) is 3.12. The van der Waals surface area contributed by atoms with Crippen molar-refractivity contribution >= 4 is 21.3 Å². The summed E-state index contributed by atoms with van der Waals surface area (Å²) in [6, 6.07) is 14.6. The summed E-state index contributed by atoms with van der Waals surface area (Å²) < 4.78 is 36.4. The lowest BCUT2D eigenvalue weighted by Crippen LogP contribution is -2.07. The summed E-state index contributed by atoms with van der Waals surface area (Å²) in [4.78, 5) is 5.04. The predicted octanol–water partition coefficient (Wildman–Crippen LogP) is 4.05. The fraction of sp³-hybridized carbons (Fsp3) is 0.250. The number of benzene rings is 2. The van der Waals surface area contributed by atoms with E-state index >= 15 is 0 Å². The molecule has 0 bridgehead atoms. The maximum atomic E-state index is 11.9. The topological polar surface area (TPSA) is 94.8 Å². The molecule has 0 aliphatic rings. The molecule has 9 heteroatoms. The molecule has 33 heavy (non-hydrogen) atoms. The zero-order chi connectivity index (χ0) is 23.8. The Morgan fingerprint density at radius 3 is 2.45 bits per heavy atom. The van der Waals surface area contributed by atoms with E-state index in [1.807, 2.05) is 44.2 Å². The van der Waals surface area contributed by atoms with Crippen molar-refractivity contribution in [3.63, 3.8) is 0 Å². The van der Waals surface area contributed by atoms with Crippen LogP contribution in [-0.4, -0.2) is 43.5 Å². The zero-order valence-electron chi connectivity index (χ0n) is 19.2. The third-order valence-electron chi connectivity index (χ3n) is 5.36. The van der Waals surface area contributed by atoms with Crippen molar-refractivity contribution in [1.29, 1.82) is 0 Å². The molecule has 2 aromatic carbocycles. The minimum atomic E-state index is -3.27. The molecule has 4 aromatic rings. The molecule has 0 fully saturated rings. The molecule has 172 valence electrons. The number of hydrogen-bond acceptors (Lipinski definition) is 7. The number of fused-ring (bicyclic) bond motifs is 1. The van der Waals surface area contributed by atoms with E-state index in [9.17, 15) is 8.42 Å². The van der Waals surface area contributed by atoms with E-state index in [0.29, 0.717) is 28.6 Å². The van der Waals surface area contributed by atoms with Crippen LogP contribution in [0.1, 0.15) is 17.0 Å². The van der Waals surface area contributed by atoms with Crippen LogP contribution < -0.4 is 14.8 Å². The van der Waals surface area contributed by atoms with E-state index in [1.54, 1.807) is 36.9 Å². The Bertz CT molecular complexity index is 1440. The normalized spacial score (nSPS) is 11.5. The van der Waals surface area contributed by atoms with Crippen molar-refractivity contribution in [3.05, 3.63) is 65.5 Å². The van der Waals surface area contributed by atoms with Crippen molar-refractivity contribution in [3.8, 4) is 22.6 Å². The molecule has 0 amide bonds. The molecule has 0 radical (unpaired) electrons. The number of aryl methyl sites for hydroxylation is 2. The SMILES string of the molecule is COc1ccc(-c2c(C)nn3c(NCc4cccc(S(C)(=O)=O)c4)cc(C)nc23)cc1OC. The number of hydrogen-bond donors (Lipinski definition) is 1. The van der Waals surface area contributed by atoms with Crippen molar-refractivity contribution in [2.24, 2.45) is 0 Å². The van der Waals surface area contributed by atoms with E-state index in [-0.39, 0.29) is 0 Å². The molecular weight excluding hydrogens is 440 g/mol. The average molecular weight is 467 g/mol. The molecule has 0 unspecified atom stereocenters. The van der Waals surface area contributed by atoms with Crippen molar-refractivity contribution in [2.45, 2.75) is 25.3 Å². The maximum Gasteiger partial charge on any atom is 0.175 e. The maximum absolute atomic E-state index is 11.9. The highest BCUT2D eigenvalue weighted by Crippen LogP contribution is 2.35. The number of nitrogens with zero attached hydrogens (tertiary/aromatic N) is 3. The van der Waals surface area contributed by atoms with Gasteiger partial charge in [-0.05, 0) is 49.2 Å². The number of rotatable bonds is 7. The van der Waals surface area contributed by atoms with Crippen LogP contribution in [0.2, 0.25) is 0 Å². The molecule has 8 nitrogen and oxygen atoms in total. The van der Waals surface area contributed by atoms with Gasteiger partial charge in [0.25, 0.3) is 0 Å². The first-order valence-electron chi connectivity index (χ1n) is 10.3. The van der Waals surface area contributed by atoms with Crippen LogP contribution >= 0.6 is 0 Å². The van der Waals surface area contributed by atoms with Gasteiger partial charge in [0, 0.05) is 30.1 Å². The smallest absolute Gasteiger partial charge is 0.175 e. The van der Waals surface area contributed by atoms with Crippen LogP contribution in [0.15, 0.2) is 53.4 Å². The van der Waals surface area contributed by atoms with Crippen molar-refractivity contribution in [1.82, 2.24) is 14.6 Å². The van der Waals surface area contributed by atoms with Gasteiger partial charge in [-0.15, -0.1) is 0 Å². The molecule has 4 rings (SSSR count). The van der Waals surface area contributed by atoms with Crippen LogP contribution in [0.3, 0.4) is 0 Å².